The molecule has 0 unspecified atom stereocenters. The molecule has 162 valence electrons. The molecule has 0 aromatic heterocycles. The van der Waals surface area contributed by atoms with E-state index >= 15 is 0 Å². The highest BCUT2D eigenvalue weighted by atomic mass is 35.5. The highest BCUT2D eigenvalue weighted by molar-refractivity contribution is 6.31. The van der Waals surface area contributed by atoms with Crippen LogP contribution in [0.5, 0.6) is 0 Å². The molecule has 1 aliphatic heterocycles. The molecule has 6 nitrogen and oxygen atoms in total. The molecule has 0 aliphatic carbocycles. The minimum absolute atomic E-state index is 0.0769. The first-order valence-corrected chi connectivity index (χ1v) is 10.6. The van der Waals surface area contributed by atoms with E-state index in [4.69, 9.17) is 16.3 Å². The summed E-state index contributed by atoms with van der Waals surface area (Å²) in [5.41, 5.74) is 2.30. The first-order chi connectivity index (χ1) is 14.9. The van der Waals surface area contributed by atoms with E-state index in [1.165, 1.54) is 0 Å². The van der Waals surface area contributed by atoms with Gasteiger partial charge in [0.25, 0.3) is 5.91 Å². The van der Waals surface area contributed by atoms with Crippen molar-refractivity contribution >= 4 is 41.1 Å². The Labute approximate surface area is 186 Å². The molecule has 1 saturated heterocycles. The zero-order valence-electron chi connectivity index (χ0n) is 17.3. The van der Waals surface area contributed by atoms with Crippen molar-refractivity contribution < 1.29 is 19.1 Å². The smallest absolute Gasteiger partial charge is 0.309 e. The van der Waals surface area contributed by atoms with Crippen molar-refractivity contribution in [1.29, 1.82) is 0 Å². The molecular weight excluding hydrogens is 416 g/mol. The average molecular weight is 441 g/mol. The van der Waals surface area contributed by atoms with Crippen molar-refractivity contribution in [1.82, 2.24) is 4.90 Å². The van der Waals surface area contributed by atoms with Gasteiger partial charge in [-0.05, 0) is 49.1 Å². The van der Waals surface area contributed by atoms with Gasteiger partial charge in [-0.2, -0.15) is 0 Å². The van der Waals surface area contributed by atoms with Crippen molar-refractivity contribution in [2.45, 2.75) is 19.8 Å². The summed E-state index contributed by atoms with van der Waals surface area (Å²) in [4.78, 5) is 38.5. The van der Waals surface area contributed by atoms with E-state index in [1.807, 2.05) is 30.3 Å². The molecule has 0 atom stereocenters. The van der Waals surface area contributed by atoms with E-state index in [2.05, 4.69) is 5.32 Å². The van der Waals surface area contributed by atoms with Crippen LogP contribution in [-0.4, -0.2) is 42.4 Å². The van der Waals surface area contributed by atoms with Gasteiger partial charge >= 0.3 is 5.97 Å². The van der Waals surface area contributed by atoms with Gasteiger partial charge in [-0.1, -0.05) is 48.0 Å². The Bertz CT molecular complexity index is 967. The number of hydrogen-bond acceptors (Lipinski definition) is 4. The van der Waals surface area contributed by atoms with Crippen LogP contribution >= 0.6 is 11.6 Å². The van der Waals surface area contributed by atoms with Gasteiger partial charge in [-0.15, -0.1) is 0 Å². The van der Waals surface area contributed by atoms with E-state index in [-0.39, 0.29) is 18.4 Å². The maximum atomic E-state index is 12.3. The van der Waals surface area contributed by atoms with Gasteiger partial charge in [0.05, 0.1) is 5.92 Å². The number of ether oxygens (including phenoxy) is 1. The molecule has 3 rings (SSSR count). The Kier molecular flexibility index (Phi) is 7.84. The minimum Gasteiger partial charge on any atom is -0.455 e. The predicted octanol–water partition coefficient (Wildman–Crippen LogP) is 4.08. The maximum absolute atomic E-state index is 12.3. The summed E-state index contributed by atoms with van der Waals surface area (Å²) >= 11 is 6.04. The van der Waals surface area contributed by atoms with Crippen LogP contribution in [0.2, 0.25) is 5.02 Å². The van der Waals surface area contributed by atoms with Gasteiger partial charge in [0.15, 0.2) is 6.61 Å². The Morgan fingerprint density at radius 3 is 2.52 bits per heavy atom. The molecule has 2 aromatic rings. The molecule has 31 heavy (non-hydrogen) atoms. The summed E-state index contributed by atoms with van der Waals surface area (Å²) in [7, 11) is 0. The van der Waals surface area contributed by atoms with Crippen LogP contribution in [0, 0.1) is 12.8 Å². The fourth-order valence-corrected chi connectivity index (χ4v) is 3.53. The van der Waals surface area contributed by atoms with Crippen molar-refractivity contribution in [2.75, 3.05) is 25.0 Å². The van der Waals surface area contributed by atoms with E-state index in [9.17, 15) is 14.4 Å². The summed E-state index contributed by atoms with van der Waals surface area (Å²) in [6, 6.07) is 14.8. The Morgan fingerprint density at radius 2 is 1.81 bits per heavy atom. The van der Waals surface area contributed by atoms with E-state index in [0.29, 0.717) is 36.6 Å². The van der Waals surface area contributed by atoms with Crippen LogP contribution in [0.15, 0.2) is 54.6 Å². The summed E-state index contributed by atoms with van der Waals surface area (Å²) in [6.45, 7) is 2.40. The molecule has 1 aliphatic rings. The molecule has 0 saturated carbocycles. The second kappa shape index (κ2) is 10.8. The number of halogens is 1. The first-order valence-electron chi connectivity index (χ1n) is 10.2. The summed E-state index contributed by atoms with van der Waals surface area (Å²) in [5, 5.41) is 3.25. The first kappa shape index (κ1) is 22.6. The van der Waals surface area contributed by atoms with Gasteiger partial charge in [0.2, 0.25) is 5.91 Å². The fraction of sp³-hybridized carbons (Fsp3) is 0.292. The van der Waals surface area contributed by atoms with Crippen LogP contribution in [0.1, 0.15) is 24.0 Å². The van der Waals surface area contributed by atoms with E-state index < -0.39 is 11.9 Å². The monoisotopic (exact) mass is 440 g/mol. The zero-order chi connectivity index (χ0) is 22.2. The number of likely N-dealkylation sites (tertiary alicyclic amines) is 1. The van der Waals surface area contributed by atoms with Crippen molar-refractivity contribution in [3.63, 3.8) is 0 Å². The number of amides is 2. The second-order valence-corrected chi connectivity index (χ2v) is 7.82. The highest BCUT2D eigenvalue weighted by Gasteiger charge is 2.28. The highest BCUT2D eigenvalue weighted by Crippen LogP contribution is 2.23. The summed E-state index contributed by atoms with van der Waals surface area (Å²) in [5.74, 6) is -1.22. The number of piperidine rings is 1. The largest absolute Gasteiger partial charge is 0.455 e. The Hall–Kier alpha value is -3.12. The lowest BCUT2D eigenvalue weighted by molar-refractivity contribution is -0.153. The van der Waals surface area contributed by atoms with E-state index in [1.54, 1.807) is 42.2 Å². The van der Waals surface area contributed by atoms with Crippen LogP contribution < -0.4 is 5.32 Å². The van der Waals surface area contributed by atoms with Crippen molar-refractivity contribution in [3.8, 4) is 0 Å². The fourth-order valence-electron chi connectivity index (χ4n) is 3.36. The number of rotatable bonds is 6. The lowest BCUT2D eigenvalue weighted by Crippen LogP contribution is -2.40. The average Bonchev–Trinajstić information content (AvgIpc) is 2.79. The van der Waals surface area contributed by atoms with Crippen LogP contribution in [0.3, 0.4) is 0 Å². The molecule has 1 heterocycles. The second-order valence-electron chi connectivity index (χ2n) is 7.41. The minimum atomic E-state index is -0.419. The zero-order valence-corrected chi connectivity index (χ0v) is 18.1. The summed E-state index contributed by atoms with van der Waals surface area (Å²) in [6.07, 6.45) is 4.36. The van der Waals surface area contributed by atoms with Crippen LogP contribution in [0.25, 0.3) is 6.08 Å². The van der Waals surface area contributed by atoms with Gasteiger partial charge in [0, 0.05) is 29.9 Å². The normalized spacial score (nSPS) is 14.5. The molecule has 1 N–H and O–H groups in total. The van der Waals surface area contributed by atoms with Gasteiger partial charge in [-0.25, -0.2) is 0 Å². The molecule has 1 fully saturated rings. The Balaban J connectivity index is 1.41. The van der Waals surface area contributed by atoms with Gasteiger partial charge in [0.1, 0.15) is 0 Å². The Morgan fingerprint density at radius 1 is 1.10 bits per heavy atom. The number of carbonyl (C=O) groups is 3. The number of nitrogens with zero attached hydrogens (tertiary/aromatic N) is 1. The predicted molar refractivity (Wildman–Crippen MR) is 121 cm³/mol. The third-order valence-electron chi connectivity index (χ3n) is 5.25. The van der Waals surface area contributed by atoms with E-state index in [0.717, 1.165) is 11.1 Å². The maximum Gasteiger partial charge on any atom is 0.309 e. The number of benzene rings is 2. The quantitative estimate of drug-likeness (QED) is 0.542. The van der Waals surface area contributed by atoms with Crippen LogP contribution in [-0.2, 0) is 19.1 Å². The number of anilines is 1. The third-order valence-corrected chi connectivity index (χ3v) is 5.65. The molecule has 7 heteroatoms. The number of nitrogens with one attached hydrogen (secondary N) is 1. The lowest BCUT2D eigenvalue weighted by Gasteiger charge is -2.30. The standard InChI is InChI=1S/C24H25ClN2O4/c1-17-20(25)8-5-9-21(17)26-22(28)16-31-24(30)19-12-14-27(15-13-19)23(29)11-10-18-6-3-2-4-7-18/h2-11,19H,12-16H2,1H3,(H,26,28)/b11-10+. The molecule has 0 bridgehead atoms. The molecule has 0 radical (unpaired) electrons. The third kappa shape index (κ3) is 6.43. The van der Waals surface area contributed by atoms with Gasteiger partial charge in [-0.3, -0.25) is 14.4 Å². The van der Waals surface area contributed by atoms with Crippen LogP contribution in [0.4, 0.5) is 5.69 Å². The number of esters is 1. The number of carbonyl (C=O) groups excluding carboxylic acids is 3. The molecule has 0 spiro atoms. The summed E-state index contributed by atoms with van der Waals surface area (Å²) < 4.78 is 5.19. The van der Waals surface area contributed by atoms with Crippen molar-refractivity contribution in [2.24, 2.45) is 5.92 Å². The molecular formula is C24H25ClN2O4. The lowest BCUT2D eigenvalue weighted by atomic mass is 9.97. The van der Waals surface area contributed by atoms with Gasteiger partial charge < -0.3 is 15.0 Å². The molecule has 2 aromatic carbocycles. The number of hydrogen-bond donors (Lipinski definition) is 1. The SMILES string of the molecule is Cc1c(Cl)cccc1NC(=O)COC(=O)C1CCN(C(=O)/C=C/c2ccccc2)CC1. The topological polar surface area (TPSA) is 75.7 Å². The molecule has 2 amide bonds. The van der Waals surface area contributed by atoms with Crippen molar-refractivity contribution in [3.05, 3.63) is 70.8 Å².